The number of nitrogens with zero attached hydrogens (tertiary/aromatic N) is 1. The molecule has 0 aliphatic carbocycles. The van der Waals surface area contributed by atoms with Gasteiger partial charge in [0.15, 0.2) is 0 Å². The van der Waals surface area contributed by atoms with E-state index >= 15 is 0 Å². The Morgan fingerprint density at radius 3 is 2.68 bits per heavy atom. The molecule has 102 valence electrons. The fourth-order valence-electron chi connectivity index (χ4n) is 1.66. The first-order chi connectivity index (χ1) is 9.15. The van der Waals surface area contributed by atoms with Crippen molar-refractivity contribution in [2.75, 3.05) is 14.2 Å². The Balaban J connectivity index is 2.90. The van der Waals surface area contributed by atoms with Crippen LogP contribution in [0, 0.1) is 11.3 Å². The van der Waals surface area contributed by atoms with Gasteiger partial charge >= 0.3 is 0 Å². The summed E-state index contributed by atoms with van der Waals surface area (Å²) in [5, 5.41) is 11.5. The maximum Gasteiger partial charge on any atom is 0.255 e. The summed E-state index contributed by atoms with van der Waals surface area (Å²) in [6.07, 6.45) is 0.998. The van der Waals surface area contributed by atoms with Gasteiger partial charge in [-0.1, -0.05) is 6.92 Å². The second-order valence-electron chi connectivity index (χ2n) is 4.01. The van der Waals surface area contributed by atoms with Crippen molar-refractivity contribution in [2.45, 2.75) is 25.8 Å². The van der Waals surface area contributed by atoms with Crippen LogP contribution in [0.15, 0.2) is 18.2 Å². The molecule has 1 unspecified atom stereocenters. The smallest absolute Gasteiger partial charge is 0.255 e. The van der Waals surface area contributed by atoms with E-state index in [1.807, 2.05) is 6.92 Å². The summed E-state index contributed by atoms with van der Waals surface area (Å²) in [5.74, 6) is 0.822. The molecular weight excluding hydrogens is 244 g/mol. The number of amides is 1. The minimum atomic E-state index is -0.249. The van der Waals surface area contributed by atoms with E-state index < -0.39 is 0 Å². The molecule has 5 nitrogen and oxygen atoms in total. The van der Waals surface area contributed by atoms with Crippen LogP contribution >= 0.6 is 0 Å². The number of ether oxygens (including phenoxy) is 2. The highest BCUT2D eigenvalue weighted by atomic mass is 16.5. The monoisotopic (exact) mass is 262 g/mol. The van der Waals surface area contributed by atoms with Crippen LogP contribution in [-0.4, -0.2) is 26.2 Å². The van der Waals surface area contributed by atoms with Gasteiger partial charge in [-0.25, -0.2) is 0 Å². The van der Waals surface area contributed by atoms with E-state index in [9.17, 15) is 4.79 Å². The van der Waals surface area contributed by atoms with Crippen molar-refractivity contribution >= 4 is 5.91 Å². The number of nitriles is 1. The largest absolute Gasteiger partial charge is 0.497 e. The van der Waals surface area contributed by atoms with Gasteiger partial charge in [-0.05, 0) is 18.6 Å². The molecular formula is C14H18N2O3. The Labute approximate surface area is 113 Å². The van der Waals surface area contributed by atoms with Crippen molar-refractivity contribution in [1.82, 2.24) is 5.32 Å². The number of nitrogens with one attached hydrogen (secondary N) is 1. The van der Waals surface area contributed by atoms with Crippen molar-refractivity contribution in [3.8, 4) is 17.6 Å². The summed E-state index contributed by atoms with van der Waals surface area (Å²) in [5.41, 5.74) is 0.430. The van der Waals surface area contributed by atoms with Gasteiger partial charge in [0.05, 0.1) is 32.3 Å². The van der Waals surface area contributed by atoms with Gasteiger partial charge in [-0.2, -0.15) is 5.26 Å². The van der Waals surface area contributed by atoms with Gasteiger partial charge in [-0.15, -0.1) is 0 Å². The molecule has 1 rings (SSSR count). The minimum absolute atomic E-state index is 0.149. The quantitative estimate of drug-likeness (QED) is 0.852. The molecule has 0 aliphatic rings. The van der Waals surface area contributed by atoms with E-state index in [4.69, 9.17) is 14.7 Å². The van der Waals surface area contributed by atoms with Crippen LogP contribution in [0.1, 0.15) is 30.1 Å². The Bertz CT molecular complexity index is 480. The van der Waals surface area contributed by atoms with E-state index in [0.717, 1.165) is 0 Å². The third-order valence-electron chi connectivity index (χ3n) is 2.82. The van der Waals surface area contributed by atoms with Crippen LogP contribution in [0.4, 0.5) is 0 Å². The molecule has 0 aromatic heterocycles. The molecule has 1 aromatic rings. The molecule has 0 aliphatic heterocycles. The highest BCUT2D eigenvalue weighted by Gasteiger charge is 2.16. The van der Waals surface area contributed by atoms with Gasteiger partial charge in [0.2, 0.25) is 0 Å². The van der Waals surface area contributed by atoms with E-state index in [2.05, 4.69) is 11.4 Å². The number of hydrogen-bond donors (Lipinski definition) is 1. The van der Waals surface area contributed by atoms with Crippen molar-refractivity contribution in [3.63, 3.8) is 0 Å². The maximum absolute atomic E-state index is 12.1. The van der Waals surface area contributed by atoms with E-state index in [-0.39, 0.29) is 11.9 Å². The van der Waals surface area contributed by atoms with Gasteiger partial charge in [0.1, 0.15) is 11.5 Å². The number of methoxy groups -OCH3 is 2. The zero-order valence-electron chi connectivity index (χ0n) is 11.4. The Hall–Kier alpha value is -2.22. The Morgan fingerprint density at radius 1 is 1.42 bits per heavy atom. The summed E-state index contributed by atoms with van der Waals surface area (Å²) in [6.45, 7) is 1.92. The lowest BCUT2D eigenvalue weighted by atomic mass is 10.1. The van der Waals surface area contributed by atoms with Crippen LogP contribution in [0.25, 0.3) is 0 Å². The molecule has 5 heteroatoms. The summed E-state index contributed by atoms with van der Waals surface area (Å²) >= 11 is 0. The van der Waals surface area contributed by atoms with E-state index in [0.29, 0.717) is 29.9 Å². The lowest BCUT2D eigenvalue weighted by molar-refractivity contribution is 0.0933. The van der Waals surface area contributed by atoms with Crippen molar-refractivity contribution < 1.29 is 14.3 Å². The van der Waals surface area contributed by atoms with Gasteiger partial charge < -0.3 is 14.8 Å². The fourth-order valence-corrected chi connectivity index (χ4v) is 1.66. The molecule has 0 spiro atoms. The molecule has 19 heavy (non-hydrogen) atoms. The van der Waals surface area contributed by atoms with Gasteiger partial charge in [0.25, 0.3) is 5.91 Å². The molecule has 1 amide bonds. The van der Waals surface area contributed by atoms with Crippen LogP contribution in [0.2, 0.25) is 0 Å². The average molecular weight is 262 g/mol. The third-order valence-corrected chi connectivity index (χ3v) is 2.82. The second-order valence-corrected chi connectivity index (χ2v) is 4.01. The standard InChI is InChI=1S/C14H18N2O3/c1-4-10(7-8-15)16-14(17)12-6-5-11(18-2)9-13(12)19-3/h5-6,9-10H,4,7H2,1-3H3,(H,16,17). The van der Waals surface area contributed by atoms with Crippen LogP contribution in [0.5, 0.6) is 11.5 Å². The Kier molecular flexibility index (Phi) is 5.68. The van der Waals surface area contributed by atoms with E-state index in [1.165, 1.54) is 7.11 Å². The average Bonchev–Trinajstić information content (AvgIpc) is 2.45. The SMILES string of the molecule is CCC(CC#N)NC(=O)c1ccc(OC)cc1OC. The van der Waals surface area contributed by atoms with Gasteiger partial charge in [-0.3, -0.25) is 4.79 Å². The molecule has 1 aromatic carbocycles. The van der Waals surface area contributed by atoms with Crippen LogP contribution < -0.4 is 14.8 Å². The molecule has 0 bridgehead atoms. The lowest BCUT2D eigenvalue weighted by Gasteiger charge is -2.15. The Morgan fingerprint density at radius 2 is 2.16 bits per heavy atom. The summed E-state index contributed by atoms with van der Waals surface area (Å²) < 4.78 is 10.3. The first-order valence-electron chi connectivity index (χ1n) is 6.06. The first-order valence-corrected chi connectivity index (χ1v) is 6.06. The van der Waals surface area contributed by atoms with E-state index in [1.54, 1.807) is 25.3 Å². The highest BCUT2D eigenvalue weighted by molar-refractivity contribution is 5.97. The molecule has 1 atom stereocenters. The third kappa shape index (κ3) is 3.88. The van der Waals surface area contributed by atoms with Crippen LogP contribution in [0.3, 0.4) is 0 Å². The summed E-state index contributed by atoms with van der Waals surface area (Å²) in [4.78, 5) is 12.1. The molecule has 1 N–H and O–H groups in total. The van der Waals surface area contributed by atoms with Crippen molar-refractivity contribution in [1.29, 1.82) is 5.26 Å². The van der Waals surface area contributed by atoms with Crippen molar-refractivity contribution in [3.05, 3.63) is 23.8 Å². The molecule has 0 radical (unpaired) electrons. The number of benzene rings is 1. The van der Waals surface area contributed by atoms with Crippen molar-refractivity contribution in [2.24, 2.45) is 0 Å². The lowest BCUT2D eigenvalue weighted by Crippen LogP contribution is -2.34. The normalized spacial score (nSPS) is 11.3. The highest BCUT2D eigenvalue weighted by Crippen LogP contribution is 2.24. The first kappa shape index (κ1) is 14.8. The number of rotatable bonds is 6. The molecule has 0 heterocycles. The number of carbonyl (C=O) groups excluding carboxylic acids is 1. The maximum atomic E-state index is 12.1. The van der Waals surface area contributed by atoms with Crippen LogP contribution in [-0.2, 0) is 0 Å². The summed E-state index contributed by atoms with van der Waals surface area (Å²) in [6, 6.07) is 6.90. The zero-order valence-corrected chi connectivity index (χ0v) is 11.4. The predicted molar refractivity (Wildman–Crippen MR) is 71.3 cm³/mol. The summed E-state index contributed by atoms with van der Waals surface area (Å²) in [7, 11) is 3.05. The topological polar surface area (TPSA) is 71.4 Å². The molecule has 0 saturated carbocycles. The fraction of sp³-hybridized carbons (Fsp3) is 0.429. The predicted octanol–water partition coefficient (Wildman–Crippen LogP) is 2.13. The molecule has 0 fully saturated rings. The number of carbonyl (C=O) groups is 1. The molecule has 0 saturated heterocycles. The van der Waals surface area contributed by atoms with Gasteiger partial charge in [0, 0.05) is 12.1 Å². The second kappa shape index (κ2) is 7.27. The zero-order chi connectivity index (χ0) is 14.3. The minimum Gasteiger partial charge on any atom is -0.497 e. The number of hydrogen-bond acceptors (Lipinski definition) is 4.